The number of methoxy groups -OCH3 is 1. The first-order valence-electron chi connectivity index (χ1n) is 6.38. The summed E-state index contributed by atoms with van der Waals surface area (Å²) in [5.41, 5.74) is 3.47. The van der Waals surface area contributed by atoms with Gasteiger partial charge in [0.2, 0.25) is 0 Å². The van der Waals surface area contributed by atoms with Crippen LogP contribution in [0.1, 0.15) is 18.1 Å². The first-order chi connectivity index (χ1) is 9.22. The molecule has 0 fully saturated rings. The van der Waals surface area contributed by atoms with Crippen molar-refractivity contribution in [1.29, 1.82) is 0 Å². The first kappa shape index (κ1) is 13.8. The predicted octanol–water partition coefficient (Wildman–Crippen LogP) is 4.52. The topological polar surface area (TPSA) is 21.3 Å². The molecule has 100 valence electrons. The molecule has 0 saturated heterocycles. The highest BCUT2D eigenvalue weighted by atomic mass is 35.5. The van der Waals surface area contributed by atoms with E-state index in [0.29, 0.717) is 5.02 Å². The van der Waals surface area contributed by atoms with Crippen LogP contribution in [0.3, 0.4) is 0 Å². The van der Waals surface area contributed by atoms with Gasteiger partial charge in [-0.2, -0.15) is 0 Å². The molecule has 0 aliphatic carbocycles. The predicted molar refractivity (Wildman–Crippen MR) is 81.2 cm³/mol. The molecule has 0 aromatic heterocycles. The number of aryl methyl sites for hydroxylation is 1. The zero-order chi connectivity index (χ0) is 13.7. The monoisotopic (exact) mass is 275 g/mol. The standard InChI is InChI=1S/C16H18ClNO/c1-3-12-4-6-13(7-5-12)11-18-16-10-14(19-2)8-9-15(16)17/h4-10,18H,3,11H2,1-2H3. The molecule has 0 amide bonds. The Kier molecular flexibility index (Phi) is 4.69. The van der Waals surface area contributed by atoms with E-state index >= 15 is 0 Å². The third-order valence-corrected chi connectivity index (χ3v) is 3.42. The Morgan fingerprint density at radius 2 is 1.74 bits per heavy atom. The number of ether oxygens (including phenoxy) is 1. The fourth-order valence-corrected chi connectivity index (χ4v) is 2.04. The number of hydrogen-bond donors (Lipinski definition) is 1. The van der Waals surface area contributed by atoms with Gasteiger partial charge in [0.15, 0.2) is 0 Å². The Hall–Kier alpha value is -1.67. The van der Waals surface area contributed by atoms with Gasteiger partial charge in [0, 0.05) is 12.6 Å². The van der Waals surface area contributed by atoms with Gasteiger partial charge in [-0.15, -0.1) is 0 Å². The average Bonchev–Trinajstić information content (AvgIpc) is 2.47. The zero-order valence-corrected chi connectivity index (χ0v) is 12.0. The Morgan fingerprint density at radius 3 is 2.37 bits per heavy atom. The molecule has 3 heteroatoms. The molecule has 2 aromatic rings. The number of benzene rings is 2. The second-order valence-corrected chi connectivity index (χ2v) is 4.78. The maximum atomic E-state index is 6.15. The summed E-state index contributed by atoms with van der Waals surface area (Å²) in [6.07, 6.45) is 1.06. The van der Waals surface area contributed by atoms with E-state index in [4.69, 9.17) is 16.3 Å². The minimum Gasteiger partial charge on any atom is -0.497 e. The van der Waals surface area contributed by atoms with Gasteiger partial charge >= 0.3 is 0 Å². The van der Waals surface area contributed by atoms with Gasteiger partial charge in [0.25, 0.3) is 0 Å². The molecule has 0 aliphatic rings. The Balaban J connectivity index is 2.05. The molecule has 2 nitrogen and oxygen atoms in total. The van der Waals surface area contributed by atoms with E-state index in [1.165, 1.54) is 11.1 Å². The smallest absolute Gasteiger partial charge is 0.121 e. The number of hydrogen-bond acceptors (Lipinski definition) is 2. The van der Waals surface area contributed by atoms with Crippen molar-refractivity contribution in [2.24, 2.45) is 0 Å². The molecule has 0 saturated carbocycles. The van der Waals surface area contributed by atoms with Gasteiger partial charge in [0.05, 0.1) is 17.8 Å². The van der Waals surface area contributed by atoms with Crippen LogP contribution in [0.5, 0.6) is 5.75 Å². The van der Waals surface area contributed by atoms with Crippen molar-refractivity contribution in [1.82, 2.24) is 0 Å². The minimum absolute atomic E-state index is 0.700. The summed E-state index contributed by atoms with van der Waals surface area (Å²) >= 11 is 6.15. The normalized spacial score (nSPS) is 10.3. The van der Waals surface area contributed by atoms with Gasteiger partial charge < -0.3 is 10.1 Å². The molecule has 0 bridgehead atoms. The van der Waals surface area contributed by atoms with Crippen molar-refractivity contribution in [3.8, 4) is 5.75 Å². The molecule has 19 heavy (non-hydrogen) atoms. The molecular formula is C16H18ClNO. The lowest BCUT2D eigenvalue weighted by Gasteiger charge is -2.10. The van der Waals surface area contributed by atoms with E-state index in [0.717, 1.165) is 24.4 Å². The van der Waals surface area contributed by atoms with Crippen molar-refractivity contribution in [3.05, 3.63) is 58.6 Å². The fourth-order valence-electron chi connectivity index (χ4n) is 1.86. The summed E-state index contributed by atoms with van der Waals surface area (Å²) in [6.45, 7) is 2.90. The number of anilines is 1. The molecular weight excluding hydrogens is 258 g/mol. The van der Waals surface area contributed by atoms with Crippen LogP contribution in [0.15, 0.2) is 42.5 Å². The van der Waals surface area contributed by atoms with Crippen molar-refractivity contribution in [3.63, 3.8) is 0 Å². The largest absolute Gasteiger partial charge is 0.497 e. The summed E-state index contributed by atoms with van der Waals surface area (Å²) in [6, 6.07) is 14.2. The van der Waals surface area contributed by atoms with Crippen LogP contribution in [0, 0.1) is 0 Å². The highest BCUT2D eigenvalue weighted by molar-refractivity contribution is 6.33. The molecule has 2 rings (SSSR count). The lowest BCUT2D eigenvalue weighted by molar-refractivity contribution is 0.415. The minimum atomic E-state index is 0.700. The van der Waals surface area contributed by atoms with E-state index in [1.54, 1.807) is 7.11 Å². The second kappa shape index (κ2) is 6.48. The third kappa shape index (κ3) is 3.65. The highest BCUT2D eigenvalue weighted by Gasteiger charge is 2.02. The quantitative estimate of drug-likeness (QED) is 0.866. The van der Waals surface area contributed by atoms with Crippen LogP contribution in [0.2, 0.25) is 5.02 Å². The molecule has 0 atom stereocenters. The summed E-state index contributed by atoms with van der Waals surface area (Å²) in [5, 5.41) is 4.03. The van der Waals surface area contributed by atoms with Crippen LogP contribution in [-0.4, -0.2) is 7.11 Å². The number of rotatable bonds is 5. The molecule has 0 radical (unpaired) electrons. The van der Waals surface area contributed by atoms with Gasteiger partial charge in [-0.1, -0.05) is 42.8 Å². The Labute approximate surface area is 119 Å². The molecule has 0 aliphatic heterocycles. The van der Waals surface area contributed by atoms with E-state index in [1.807, 2.05) is 18.2 Å². The van der Waals surface area contributed by atoms with E-state index in [9.17, 15) is 0 Å². The summed E-state index contributed by atoms with van der Waals surface area (Å²) in [4.78, 5) is 0. The summed E-state index contributed by atoms with van der Waals surface area (Å²) in [7, 11) is 1.65. The number of halogens is 1. The van der Waals surface area contributed by atoms with Crippen molar-refractivity contribution in [2.45, 2.75) is 19.9 Å². The molecule has 0 unspecified atom stereocenters. The van der Waals surface area contributed by atoms with Crippen molar-refractivity contribution < 1.29 is 4.74 Å². The van der Waals surface area contributed by atoms with E-state index < -0.39 is 0 Å². The maximum absolute atomic E-state index is 6.15. The Bertz CT molecular complexity index is 537. The van der Waals surface area contributed by atoms with Crippen molar-refractivity contribution >= 4 is 17.3 Å². The van der Waals surface area contributed by atoms with Crippen LogP contribution in [0.25, 0.3) is 0 Å². The lowest BCUT2D eigenvalue weighted by atomic mass is 10.1. The summed E-state index contributed by atoms with van der Waals surface area (Å²) in [5.74, 6) is 0.799. The zero-order valence-electron chi connectivity index (χ0n) is 11.2. The first-order valence-corrected chi connectivity index (χ1v) is 6.76. The van der Waals surface area contributed by atoms with Crippen LogP contribution in [0.4, 0.5) is 5.69 Å². The third-order valence-electron chi connectivity index (χ3n) is 3.09. The molecule has 0 spiro atoms. The fraction of sp³-hybridized carbons (Fsp3) is 0.250. The summed E-state index contributed by atoms with van der Waals surface area (Å²) < 4.78 is 5.19. The van der Waals surface area contributed by atoms with Crippen LogP contribution < -0.4 is 10.1 Å². The maximum Gasteiger partial charge on any atom is 0.121 e. The SMILES string of the molecule is CCc1ccc(CNc2cc(OC)ccc2Cl)cc1. The van der Waals surface area contributed by atoms with Crippen molar-refractivity contribution in [2.75, 3.05) is 12.4 Å². The van der Waals surface area contributed by atoms with Gasteiger partial charge in [0.1, 0.15) is 5.75 Å². The molecule has 1 N–H and O–H groups in total. The number of nitrogens with one attached hydrogen (secondary N) is 1. The average molecular weight is 276 g/mol. The van der Waals surface area contributed by atoms with Gasteiger partial charge in [-0.25, -0.2) is 0 Å². The van der Waals surface area contributed by atoms with Gasteiger partial charge in [-0.3, -0.25) is 0 Å². The van der Waals surface area contributed by atoms with E-state index in [2.05, 4.69) is 36.5 Å². The molecule has 2 aromatic carbocycles. The van der Waals surface area contributed by atoms with Crippen LogP contribution in [-0.2, 0) is 13.0 Å². The van der Waals surface area contributed by atoms with Crippen LogP contribution >= 0.6 is 11.6 Å². The highest BCUT2D eigenvalue weighted by Crippen LogP contribution is 2.27. The van der Waals surface area contributed by atoms with Gasteiger partial charge in [-0.05, 0) is 29.7 Å². The van der Waals surface area contributed by atoms with E-state index in [-0.39, 0.29) is 0 Å². The lowest BCUT2D eigenvalue weighted by Crippen LogP contribution is -2.00. The Morgan fingerprint density at radius 1 is 1.05 bits per heavy atom. The molecule has 0 heterocycles. The second-order valence-electron chi connectivity index (χ2n) is 4.37.